The number of aromatic nitrogens is 1. The Kier molecular flexibility index (Phi) is 11.8. The Morgan fingerprint density at radius 2 is 1.69 bits per heavy atom. The first-order valence-electron chi connectivity index (χ1n) is 21.5. The molecular formula is C49H56N4O8. The molecule has 3 aromatic carbocycles. The van der Waals surface area contributed by atoms with E-state index in [1.807, 2.05) is 73.0 Å². The van der Waals surface area contributed by atoms with Crippen LogP contribution in [-0.4, -0.2) is 70.3 Å². The molecule has 3 aliphatic heterocycles. The van der Waals surface area contributed by atoms with Gasteiger partial charge in [0.05, 0.1) is 6.10 Å². The number of nitrogens with zero attached hydrogens (tertiary/aromatic N) is 3. The van der Waals surface area contributed by atoms with Gasteiger partial charge in [0.15, 0.2) is 29.2 Å². The summed E-state index contributed by atoms with van der Waals surface area (Å²) >= 11 is 0. The molecule has 1 aliphatic carbocycles. The Hall–Kier alpha value is -5.91. The van der Waals surface area contributed by atoms with Crippen LogP contribution in [0.25, 0.3) is 5.57 Å². The van der Waals surface area contributed by atoms with Crippen LogP contribution in [-0.2, 0) is 29.0 Å². The number of hydrogen-bond donors (Lipinski definition) is 2. The molecule has 320 valence electrons. The van der Waals surface area contributed by atoms with Crippen LogP contribution in [0.1, 0.15) is 109 Å². The van der Waals surface area contributed by atoms with E-state index in [1.54, 1.807) is 13.8 Å². The molecule has 61 heavy (non-hydrogen) atoms. The summed E-state index contributed by atoms with van der Waals surface area (Å²) in [6.07, 6.45) is 8.32. The third-order valence-corrected chi connectivity index (χ3v) is 12.8. The molecule has 0 bridgehead atoms. The summed E-state index contributed by atoms with van der Waals surface area (Å²) in [7, 11) is 0. The number of fused-ring (bicyclic) bond motifs is 2. The first kappa shape index (κ1) is 41.8. The van der Waals surface area contributed by atoms with E-state index in [-0.39, 0.29) is 49.8 Å². The van der Waals surface area contributed by atoms with Crippen molar-refractivity contribution in [2.45, 2.75) is 111 Å². The van der Waals surface area contributed by atoms with Gasteiger partial charge in [-0.1, -0.05) is 64.1 Å². The summed E-state index contributed by atoms with van der Waals surface area (Å²) in [4.78, 5) is 51.2. The molecule has 1 unspecified atom stereocenters. The summed E-state index contributed by atoms with van der Waals surface area (Å²) in [5.41, 5.74) is 5.93. The number of aliphatic carboxylic acids is 1. The summed E-state index contributed by atoms with van der Waals surface area (Å²) in [5.74, 6) is 1.33. The van der Waals surface area contributed by atoms with Gasteiger partial charge in [-0.2, -0.15) is 0 Å². The molecule has 4 atom stereocenters. The number of ether oxygens (including phenoxy) is 3. The number of allylic oxidation sites excluding steroid dienone is 1. The van der Waals surface area contributed by atoms with Crippen LogP contribution in [0.15, 0.2) is 76.1 Å². The molecule has 4 aromatic rings. The maximum atomic E-state index is 14.2. The second kappa shape index (κ2) is 17.2. The highest BCUT2D eigenvalue weighted by atomic mass is 16.6. The third-order valence-electron chi connectivity index (χ3n) is 12.8. The minimum absolute atomic E-state index is 0.0563. The molecule has 4 heterocycles. The average molecular weight is 829 g/mol. The van der Waals surface area contributed by atoms with Crippen molar-refractivity contribution < 1.29 is 38.1 Å². The number of carboxylic acid groups (broad SMARTS) is 1. The number of hydrogen-bond acceptors (Lipinski definition) is 9. The number of nitrogens with one attached hydrogen (secondary N) is 1. The molecule has 12 heteroatoms. The van der Waals surface area contributed by atoms with Crippen molar-refractivity contribution >= 4 is 29.6 Å². The van der Waals surface area contributed by atoms with Crippen LogP contribution in [0.2, 0.25) is 0 Å². The third kappa shape index (κ3) is 9.23. The van der Waals surface area contributed by atoms with Gasteiger partial charge in [-0.15, -0.1) is 0 Å². The molecule has 4 aliphatic rings. The highest BCUT2D eigenvalue weighted by Gasteiger charge is 2.40. The fourth-order valence-electron chi connectivity index (χ4n) is 9.16. The molecule has 1 aromatic heterocycles. The summed E-state index contributed by atoms with van der Waals surface area (Å²) in [6, 6.07) is 17.2. The van der Waals surface area contributed by atoms with Crippen molar-refractivity contribution in [3.05, 3.63) is 112 Å². The number of carbonyl (C=O) groups is 3. The summed E-state index contributed by atoms with van der Waals surface area (Å²) in [6.45, 7) is 13.5. The van der Waals surface area contributed by atoms with Crippen LogP contribution in [0.4, 0.5) is 0 Å². The lowest BCUT2D eigenvalue weighted by Crippen LogP contribution is -2.56. The van der Waals surface area contributed by atoms with Crippen molar-refractivity contribution in [2.24, 2.45) is 22.2 Å². The zero-order valence-corrected chi connectivity index (χ0v) is 35.9. The number of dihydropyridines is 1. The first-order chi connectivity index (χ1) is 29.2. The molecule has 2 amide bonds. The monoisotopic (exact) mass is 828 g/mol. The second-order valence-electron chi connectivity index (χ2n) is 18.1. The molecule has 0 spiro atoms. The van der Waals surface area contributed by atoms with Gasteiger partial charge in [0, 0.05) is 45.0 Å². The zero-order valence-electron chi connectivity index (χ0n) is 35.9. The number of carboxylic acids is 1. The molecule has 0 radical (unpaired) electrons. The maximum absolute atomic E-state index is 14.2. The molecule has 2 N–H and O–H groups in total. The molecule has 1 fully saturated rings. The molecule has 12 nitrogen and oxygen atoms in total. The fraction of sp³-hybridized carbons (Fsp3) is 0.449. The molecule has 8 rings (SSSR count). The van der Waals surface area contributed by atoms with Crippen molar-refractivity contribution in [1.82, 2.24) is 15.2 Å². The minimum atomic E-state index is -1.24. The predicted molar refractivity (Wildman–Crippen MR) is 231 cm³/mol. The number of aryl methyl sites for hydroxylation is 2. The van der Waals surface area contributed by atoms with Gasteiger partial charge in [-0.25, -0.2) is 9.78 Å². The van der Waals surface area contributed by atoms with Crippen LogP contribution in [0, 0.1) is 31.1 Å². The van der Waals surface area contributed by atoms with Crippen LogP contribution < -0.4 is 19.5 Å². The second-order valence-corrected chi connectivity index (χ2v) is 18.1. The van der Waals surface area contributed by atoms with E-state index in [0.29, 0.717) is 28.6 Å². The van der Waals surface area contributed by atoms with Gasteiger partial charge in [0.1, 0.15) is 30.2 Å². The quantitative estimate of drug-likeness (QED) is 0.161. The van der Waals surface area contributed by atoms with E-state index >= 15 is 0 Å². The van der Waals surface area contributed by atoms with Gasteiger partial charge in [0.2, 0.25) is 5.91 Å². The van der Waals surface area contributed by atoms with Gasteiger partial charge >= 0.3 is 5.97 Å². The van der Waals surface area contributed by atoms with E-state index < -0.39 is 29.9 Å². The lowest BCUT2D eigenvalue weighted by Gasteiger charge is -2.37. The van der Waals surface area contributed by atoms with Crippen molar-refractivity contribution in [3.8, 4) is 17.2 Å². The molecular weight excluding hydrogens is 773 g/mol. The zero-order chi connectivity index (χ0) is 43.0. The lowest BCUT2D eigenvalue weighted by molar-refractivity contribution is -0.142. The average Bonchev–Trinajstić information content (AvgIpc) is 3.59. The smallest absolute Gasteiger partial charge is 0.326 e. The fourth-order valence-corrected chi connectivity index (χ4v) is 9.16. The molecule has 0 saturated heterocycles. The van der Waals surface area contributed by atoms with Gasteiger partial charge in [-0.3, -0.25) is 14.6 Å². The van der Waals surface area contributed by atoms with Crippen molar-refractivity contribution in [3.63, 3.8) is 0 Å². The summed E-state index contributed by atoms with van der Waals surface area (Å²) in [5, 5.41) is 13.1. The number of amides is 2. The predicted octanol–water partition coefficient (Wildman–Crippen LogP) is 8.27. The SMILES string of the molecule is Cc1nc(C(=O)N2Cc3cc4c(cc3C[C@H]2C(=O)N[C@@H](Cc2ccc(C3=CC=NCC3C)cc2)C(=O)O)OC[C@H](c2ccc(OC3CCC(C(C)(C)C)CC3)cc2)O4)c(C)o1. The normalized spacial score (nSPS) is 22.8. The summed E-state index contributed by atoms with van der Waals surface area (Å²) < 4.78 is 24.8. The van der Waals surface area contributed by atoms with Crippen molar-refractivity contribution in [1.29, 1.82) is 0 Å². The van der Waals surface area contributed by atoms with E-state index in [9.17, 15) is 19.5 Å². The Labute approximate surface area is 357 Å². The van der Waals surface area contributed by atoms with E-state index in [0.717, 1.165) is 58.9 Å². The Morgan fingerprint density at radius 1 is 0.967 bits per heavy atom. The maximum Gasteiger partial charge on any atom is 0.326 e. The van der Waals surface area contributed by atoms with Gasteiger partial charge in [-0.05, 0) is 108 Å². The first-order valence-corrected chi connectivity index (χ1v) is 21.5. The number of benzene rings is 3. The minimum Gasteiger partial charge on any atom is -0.490 e. The van der Waals surface area contributed by atoms with E-state index in [4.69, 9.17) is 18.6 Å². The van der Waals surface area contributed by atoms with Gasteiger partial charge < -0.3 is 34.0 Å². The number of oxazole rings is 1. The highest BCUT2D eigenvalue weighted by Crippen LogP contribution is 2.42. The standard InChI is InChI=1S/C49H56N4O8/c1-28-25-50-20-19-39(28)32-9-7-31(8-10-32)21-40(48(56)57)52-46(54)41-22-34-23-42-43(24-35(34)26-53(41)47(55)45-29(2)59-30(3)51-45)61-44(27-58-42)33-11-15-37(16-12-33)60-38-17-13-36(14-18-38)49(4,5)6/h7-12,15-16,19-20,23-24,28,36,38,40-41,44H,13-14,17-18,21-22,25-27H2,1-6H3,(H,52,54)(H,56,57)/t28?,36?,38?,40-,41-,44+/m0/s1. The molecule has 1 saturated carbocycles. The van der Waals surface area contributed by atoms with E-state index in [2.05, 4.69) is 43.0 Å². The number of carbonyl (C=O) groups excluding carboxylic acids is 2. The Bertz CT molecular complexity index is 2330. The highest BCUT2D eigenvalue weighted by molar-refractivity contribution is 5.98. The van der Waals surface area contributed by atoms with E-state index in [1.165, 1.54) is 23.3 Å². The van der Waals surface area contributed by atoms with Crippen LogP contribution in [0.3, 0.4) is 0 Å². The largest absolute Gasteiger partial charge is 0.490 e. The van der Waals surface area contributed by atoms with Gasteiger partial charge in [0.25, 0.3) is 5.91 Å². The van der Waals surface area contributed by atoms with Crippen LogP contribution >= 0.6 is 0 Å². The Morgan fingerprint density at radius 3 is 2.34 bits per heavy atom. The topological polar surface area (TPSA) is 153 Å². The Balaban J connectivity index is 0.974. The van der Waals surface area contributed by atoms with Crippen molar-refractivity contribution in [2.75, 3.05) is 13.2 Å². The van der Waals surface area contributed by atoms with Crippen LogP contribution in [0.5, 0.6) is 17.2 Å². The number of rotatable bonds is 10. The number of aliphatic imine (C=N–C) groups is 1. The lowest BCUT2D eigenvalue weighted by atomic mass is 9.72.